The van der Waals surface area contributed by atoms with Crippen LogP contribution in [0.5, 0.6) is 5.75 Å². The molecule has 0 saturated carbocycles. The van der Waals surface area contributed by atoms with Crippen LogP contribution in [0.25, 0.3) is 10.2 Å². The minimum absolute atomic E-state index is 0.0961. The van der Waals surface area contributed by atoms with Crippen molar-refractivity contribution in [3.05, 3.63) is 30.4 Å². The van der Waals surface area contributed by atoms with Gasteiger partial charge in [0.05, 0.1) is 55.0 Å². The van der Waals surface area contributed by atoms with Crippen LogP contribution in [0, 0.1) is 11.8 Å². The van der Waals surface area contributed by atoms with Crippen molar-refractivity contribution in [3.63, 3.8) is 0 Å². The predicted octanol–water partition coefficient (Wildman–Crippen LogP) is 1.04. The predicted molar refractivity (Wildman–Crippen MR) is 123 cm³/mol. The summed E-state index contributed by atoms with van der Waals surface area (Å²) in [6.45, 7) is 4.90. The monoisotopic (exact) mass is 470 g/mol. The van der Waals surface area contributed by atoms with E-state index in [0.29, 0.717) is 18.2 Å². The van der Waals surface area contributed by atoms with Crippen LogP contribution in [0.4, 0.5) is 5.13 Å². The summed E-state index contributed by atoms with van der Waals surface area (Å²) in [5, 5.41) is 3.67. The number of methoxy groups -OCH3 is 1. The fourth-order valence-electron chi connectivity index (χ4n) is 5.38. The Morgan fingerprint density at radius 3 is 3.03 bits per heavy atom. The fourth-order valence-corrected chi connectivity index (χ4v) is 6.33. The number of aromatic nitrogens is 1. The summed E-state index contributed by atoms with van der Waals surface area (Å²) in [6.07, 6.45) is 3.54. The van der Waals surface area contributed by atoms with Crippen LogP contribution >= 0.6 is 11.3 Å². The Bertz CT molecular complexity index is 1130. The lowest BCUT2D eigenvalue weighted by molar-refractivity contribution is -0.132. The molecule has 1 spiro atoms. The molecule has 6 rings (SSSR count). The lowest BCUT2D eigenvalue weighted by Gasteiger charge is -2.27. The number of thiazole rings is 1. The fraction of sp³-hybridized carbons (Fsp3) is 0.522. The number of carbonyl (C=O) groups excluding carboxylic acids is 2. The molecule has 1 aromatic carbocycles. The first-order chi connectivity index (χ1) is 16.1. The van der Waals surface area contributed by atoms with E-state index in [1.54, 1.807) is 12.0 Å². The summed E-state index contributed by atoms with van der Waals surface area (Å²) in [5.74, 6) is -0.541. The smallest absolute Gasteiger partial charge is 0.236 e. The Morgan fingerprint density at radius 1 is 1.36 bits per heavy atom. The minimum Gasteiger partial charge on any atom is -0.497 e. The van der Waals surface area contributed by atoms with E-state index in [1.807, 2.05) is 30.4 Å². The first-order valence-electron chi connectivity index (χ1n) is 11.3. The maximum absolute atomic E-state index is 13.6. The Hall–Kier alpha value is -2.53. The van der Waals surface area contributed by atoms with Crippen LogP contribution in [0.15, 0.2) is 30.4 Å². The zero-order chi connectivity index (χ0) is 22.6. The number of ether oxygens (including phenoxy) is 3. The zero-order valence-electron chi connectivity index (χ0n) is 18.4. The first kappa shape index (κ1) is 21.0. The Labute approximate surface area is 195 Å². The summed E-state index contributed by atoms with van der Waals surface area (Å²) in [6, 6.07) is 5.69. The van der Waals surface area contributed by atoms with Gasteiger partial charge in [0.2, 0.25) is 11.8 Å². The van der Waals surface area contributed by atoms with Gasteiger partial charge in [-0.2, -0.15) is 0 Å². The average Bonchev–Trinajstić information content (AvgIpc) is 3.58. The van der Waals surface area contributed by atoms with Crippen molar-refractivity contribution in [1.29, 1.82) is 0 Å². The average molecular weight is 471 g/mol. The second-order valence-corrected chi connectivity index (χ2v) is 9.91. The highest BCUT2D eigenvalue weighted by atomic mass is 32.1. The molecule has 2 bridgehead atoms. The van der Waals surface area contributed by atoms with Gasteiger partial charge in [0.25, 0.3) is 0 Å². The van der Waals surface area contributed by atoms with Crippen LogP contribution in [0.2, 0.25) is 0 Å². The maximum Gasteiger partial charge on any atom is 0.236 e. The number of rotatable bonds is 6. The van der Waals surface area contributed by atoms with Crippen molar-refractivity contribution >= 4 is 38.5 Å². The molecule has 3 fully saturated rings. The van der Waals surface area contributed by atoms with E-state index >= 15 is 0 Å². The van der Waals surface area contributed by atoms with Gasteiger partial charge in [-0.1, -0.05) is 23.5 Å². The van der Waals surface area contributed by atoms with Gasteiger partial charge in [-0.15, -0.1) is 0 Å². The van der Waals surface area contributed by atoms with Gasteiger partial charge < -0.3 is 19.5 Å². The van der Waals surface area contributed by atoms with E-state index in [4.69, 9.17) is 14.2 Å². The summed E-state index contributed by atoms with van der Waals surface area (Å²) in [5.41, 5.74) is 0.0265. The molecule has 3 saturated heterocycles. The molecule has 174 valence electrons. The number of benzene rings is 1. The molecule has 4 aliphatic rings. The van der Waals surface area contributed by atoms with E-state index in [1.165, 1.54) is 11.3 Å². The van der Waals surface area contributed by atoms with E-state index in [-0.39, 0.29) is 17.9 Å². The quantitative estimate of drug-likeness (QED) is 0.631. The van der Waals surface area contributed by atoms with Gasteiger partial charge in [0.15, 0.2) is 5.13 Å². The third-order valence-corrected chi connectivity index (χ3v) is 8.11. The van der Waals surface area contributed by atoms with Gasteiger partial charge >= 0.3 is 0 Å². The highest BCUT2D eigenvalue weighted by Gasteiger charge is 2.67. The van der Waals surface area contributed by atoms with Crippen molar-refractivity contribution in [2.24, 2.45) is 11.8 Å². The molecule has 4 aliphatic heterocycles. The number of amides is 2. The molecule has 10 heteroatoms. The van der Waals surface area contributed by atoms with Crippen molar-refractivity contribution in [2.45, 2.75) is 11.7 Å². The van der Waals surface area contributed by atoms with Crippen molar-refractivity contribution in [1.82, 2.24) is 15.2 Å². The molecule has 2 amide bonds. The minimum atomic E-state index is -0.760. The van der Waals surface area contributed by atoms with E-state index in [0.717, 1.165) is 48.8 Å². The van der Waals surface area contributed by atoms with Crippen molar-refractivity contribution in [3.8, 4) is 5.75 Å². The number of anilines is 1. The van der Waals surface area contributed by atoms with Gasteiger partial charge in [-0.3, -0.25) is 19.4 Å². The van der Waals surface area contributed by atoms with Gasteiger partial charge in [0, 0.05) is 32.2 Å². The molecule has 9 nitrogen and oxygen atoms in total. The molecule has 33 heavy (non-hydrogen) atoms. The molecule has 1 aromatic heterocycles. The normalized spacial score (nSPS) is 30.9. The summed E-state index contributed by atoms with van der Waals surface area (Å²) >= 11 is 1.46. The van der Waals surface area contributed by atoms with Gasteiger partial charge in [0.1, 0.15) is 11.4 Å². The van der Waals surface area contributed by atoms with Crippen LogP contribution in [-0.2, 0) is 19.1 Å². The highest BCUT2D eigenvalue weighted by molar-refractivity contribution is 7.22. The van der Waals surface area contributed by atoms with Gasteiger partial charge in [-0.05, 0) is 12.1 Å². The summed E-state index contributed by atoms with van der Waals surface area (Å²) < 4.78 is 17.9. The molecule has 5 heterocycles. The van der Waals surface area contributed by atoms with Gasteiger partial charge in [-0.25, -0.2) is 4.98 Å². The summed E-state index contributed by atoms with van der Waals surface area (Å²) in [7, 11) is 1.62. The van der Waals surface area contributed by atoms with Crippen molar-refractivity contribution < 1.29 is 23.8 Å². The number of morpholine rings is 1. The van der Waals surface area contributed by atoms with E-state index in [2.05, 4.69) is 15.2 Å². The summed E-state index contributed by atoms with van der Waals surface area (Å²) in [4.78, 5) is 35.3. The third kappa shape index (κ3) is 3.43. The SMILES string of the molecule is COc1ccc2sc(N3C[C@]45C=C[C@@H](O4)[C@@H](C(=O)NCCN4CCOCC4)[C@H]5C3=O)nc2c1. The maximum atomic E-state index is 13.6. The number of fused-ring (bicyclic) bond motifs is 2. The van der Waals surface area contributed by atoms with Crippen molar-refractivity contribution in [2.75, 3.05) is 57.9 Å². The largest absolute Gasteiger partial charge is 0.497 e. The number of nitrogens with one attached hydrogen (secondary N) is 1. The number of hydrogen-bond donors (Lipinski definition) is 1. The lowest BCUT2D eigenvalue weighted by Crippen LogP contribution is -2.46. The van der Waals surface area contributed by atoms with Crippen LogP contribution in [-0.4, -0.2) is 86.5 Å². The first-order valence-corrected chi connectivity index (χ1v) is 12.1. The molecular formula is C23H26N4O5S. The molecule has 2 aromatic rings. The second-order valence-electron chi connectivity index (χ2n) is 8.90. The van der Waals surface area contributed by atoms with E-state index in [9.17, 15) is 9.59 Å². The Morgan fingerprint density at radius 2 is 2.21 bits per heavy atom. The molecule has 0 aliphatic carbocycles. The highest BCUT2D eigenvalue weighted by Crippen LogP contribution is 2.53. The Balaban J connectivity index is 1.19. The zero-order valence-corrected chi connectivity index (χ0v) is 19.2. The molecule has 1 N–H and O–H groups in total. The third-order valence-electron chi connectivity index (χ3n) is 7.05. The molecule has 0 unspecified atom stereocenters. The number of carbonyl (C=O) groups is 2. The number of nitrogens with zero attached hydrogens (tertiary/aromatic N) is 3. The molecular weight excluding hydrogens is 444 g/mol. The topological polar surface area (TPSA) is 93.2 Å². The lowest BCUT2D eigenvalue weighted by atomic mass is 9.77. The van der Waals surface area contributed by atoms with Crippen LogP contribution in [0.1, 0.15) is 0 Å². The molecule has 0 radical (unpaired) electrons. The second kappa shape index (κ2) is 8.05. The Kier molecular flexibility index (Phi) is 5.13. The van der Waals surface area contributed by atoms with Crippen LogP contribution < -0.4 is 15.0 Å². The standard InChI is InChI=1S/C23H26N4O5S/c1-30-14-2-3-17-15(12-14)25-22(33-17)27-13-23-5-4-16(32-23)18(19(23)21(27)29)20(28)24-6-7-26-8-10-31-11-9-26/h2-5,12,16,18-19H,6-11,13H2,1H3,(H,24,28)/t16-,18-,19+,23+/m1/s1. The molecule has 4 atom stereocenters. The van der Waals surface area contributed by atoms with Crippen LogP contribution in [0.3, 0.4) is 0 Å². The number of hydrogen-bond acceptors (Lipinski definition) is 8. The van der Waals surface area contributed by atoms with E-state index < -0.39 is 17.4 Å².